The zero-order valence-electron chi connectivity index (χ0n) is 14.8. The molecule has 0 fully saturated rings. The fourth-order valence-electron chi connectivity index (χ4n) is 2.64. The number of benzene rings is 1. The van der Waals surface area contributed by atoms with E-state index in [1.54, 1.807) is 25.3 Å². The van der Waals surface area contributed by atoms with Gasteiger partial charge in [-0.05, 0) is 31.0 Å². The van der Waals surface area contributed by atoms with Gasteiger partial charge in [-0.2, -0.15) is 0 Å². The van der Waals surface area contributed by atoms with Crippen LogP contribution in [0.2, 0.25) is 0 Å². The maximum atomic E-state index is 12.5. The van der Waals surface area contributed by atoms with Crippen molar-refractivity contribution in [2.24, 2.45) is 0 Å². The molecule has 0 saturated carbocycles. The number of carbonyl (C=O) groups excluding carboxylic acids is 1. The maximum absolute atomic E-state index is 12.5. The van der Waals surface area contributed by atoms with E-state index < -0.39 is 5.69 Å². The molecule has 2 rings (SSSR count). The minimum absolute atomic E-state index is 0.244. The summed E-state index contributed by atoms with van der Waals surface area (Å²) in [5, 5.41) is 3.19. The van der Waals surface area contributed by atoms with Gasteiger partial charge in [0.15, 0.2) is 0 Å². The Labute approximate surface area is 146 Å². The molecule has 0 radical (unpaired) electrons. The minimum atomic E-state index is -0.439. The van der Waals surface area contributed by atoms with Crippen LogP contribution in [0.25, 0.3) is 10.9 Å². The summed E-state index contributed by atoms with van der Waals surface area (Å²) in [5.74, 6) is -0.244. The largest absolute Gasteiger partial charge is 0.385 e. The van der Waals surface area contributed by atoms with Gasteiger partial charge in [0.2, 0.25) is 0 Å². The molecule has 0 aliphatic carbocycles. The third-order valence-corrected chi connectivity index (χ3v) is 4.04. The Bertz CT molecular complexity index is 838. The van der Waals surface area contributed by atoms with Gasteiger partial charge in [0.1, 0.15) is 0 Å². The Morgan fingerprint density at radius 2 is 2.04 bits per heavy atom. The van der Waals surface area contributed by atoms with E-state index in [4.69, 9.17) is 4.74 Å². The first-order valence-electron chi connectivity index (χ1n) is 8.62. The molecule has 1 heterocycles. The normalized spacial score (nSPS) is 11.0. The number of hydrogen-bond acceptors (Lipinski definition) is 4. The van der Waals surface area contributed by atoms with Crippen LogP contribution >= 0.6 is 0 Å². The fraction of sp³-hybridized carbons (Fsp3) is 0.500. The minimum Gasteiger partial charge on any atom is -0.385 e. The SMILES string of the molecule is CCCCCn1c(=O)[nH]c2cc(C(=O)NCCCOC)ccc2c1=O. The third kappa shape index (κ3) is 4.79. The molecule has 25 heavy (non-hydrogen) atoms. The Kier molecular flexibility index (Phi) is 6.94. The number of carbonyl (C=O) groups is 1. The van der Waals surface area contributed by atoms with Gasteiger partial charge in [-0.15, -0.1) is 0 Å². The number of ether oxygens (including phenoxy) is 1. The van der Waals surface area contributed by atoms with Crippen molar-refractivity contribution in [3.63, 3.8) is 0 Å². The van der Waals surface area contributed by atoms with E-state index in [2.05, 4.69) is 17.2 Å². The van der Waals surface area contributed by atoms with Crippen molar-refractivity contribution >= 4 is 16.8 Å². The number of nitrogens with zero attached hydrogens (tertiary/aromatic N) is 1. The molecule has 1 amide bonds. The molecular weight excluding hydrogens is 322 g/mol. The molecule has 0 unspecified atom stereocenters. The second-order valence-electron chi connectivity index (χ2n) is 5.96. The van der Waals surface area contributed by atoms with Crippen molar-refractivity contribution in [1.29, 1.82) is 0 Å². The molecule has 2 N–H and O–H groups in total. The van der Waals surface area contributed by atoms with Crippen molar-refractivity contribution in [3.8, 4) is 0 Å². The van der Waals surface area contributed by atoms with Crippen LogP contribution in [0.1, 0.15) is 43.0 Å². The van der Waals surface area contributed by atoms with Gasteiger partial charge < -0.3 is 15.0 Å². The molecule has 0 aliphatic heterocycles. The van der Waals surface area contributed by atoms with Gasteiger partial charge in [-0.3, -0.25) is 14.2 Å². The third-order valence-electron chi connectivity index (χ3n) is 4.04. The number of H-pyrrole nitrogens is 1. The zero-order valence-corrected chi connectivity index (χ0v) is 14.8. The van der Waals surface area contributed by atoms with Crippen LogP contribution in [-0.2, 0) is 11.3 Å². The van der Waals surface area contributed by atoms with Gasteiger partial charge in [-0.25, -0.2) is 4.79 Å². The number of fused-ring (bicyclic) bond motifs is 1. The van der Waals surface area contributed by atoms with E-state index in [9.17, 15) is 14.4 Å². The number of aromatic amines is 1. The number of methoxy groups -OCH3 is 1. The summed E-state index contributed by atoms with van der Waals surface area (Å²) in [6.45, 7) is 3.54. The maximum Gasteiger partial charge on any atom is 0.328 e. The van der Waals surface area contributed by atoms with E-state index in [0.29, 0.717) is 36.2 Å². The van der Waals surface area contributed by atoms with Gasteiger partial charge in [0.25, 0.3) is 11.5 Å². The van der Waals surface area contributed by atoms with Crippen molar-refractivity contribution in [3.05, 3.63) is 44.6 Å². The quantitative estimate of drug-likeness (QED) is 0.675. The lowest BCUT2D eigenvalue weighted by Crippen LogP contribution is -2.35. The van der Waals surface area contributed by atoms with Crippen LogP contribution in [0.4, 0.5) is 0 Å². The molecule has 0 aliphatic rings. The lowest BCUT2D eigenvalue weighted by atomic mass is 10.1. The Morgan fingerprint density at radius 3 is 2.76 bits per heavy atom. The van der Waals surface area contributed by atoms with Gasteiger partial charge >= 0.3 is 5.69 Å². The van der Waals surface area contributed by atoms with E-state index in [1.165, 1.54) is 4.57 Å². The number of unbranched alkanes of at least 4 members (excludes halogenated alkanes) is 2. The number of hydrogen-bond donors (Lipinski definition) is 2. The van der Waals surface area contributed by atoms with Crippen LogP contribution < -0.4 is 16.6 Å². The summed E-state index contributed by atoms with van der Waals surface area (Å²) < 4.78 is 6.16. The number of rotatable bonds is 9. The van der Waals surface area contributed by atoms with Gasteiger partial charge in [-0.1, -0.05) is 19.8 Å². The molecule has 136 valence electrons. The summed E-state index contributed by atoms with van der Waals surface area (Å²) in [4.78, 5) is 39.5. The number of nitrogens with one attached hydrogen (secondary N) is 2. The zero-order chi connectivity index (χ0) is 18.2. The van der Waals surface area contributed by atoms with Crippen LogP contribution in [0.5, 0.6) is 0 Å². The molecule has 0 atom stereocenters. The second-order valence-corrected chi connectivity index (χ2v) is 5.96. The fourth-order valence-corrected chi connectivity index (χ4v) is 2.64. The highest BCUT2D eigenvalue weighted by Crippen LogP contribution is 2.09. The van der Waals surface area contributed by atoms with Crippen molar-refractivity contribution in [1.82, 2.24) is 14.9 Å². The summed E-state index contributed by atoms with van der Waals surface area (Å²) in [6.07, 6.45) is 3.48. The topological polar surface area (TPSA) is 93.2 Å². The summed E-state index contributed by atoms with van der Waals surface area (Å²) >= 11 is 0. The monoisotopic (exact) mass is 347 g/mol. The summed E-state index contributed by atoms with van der Waals surface area (Å²) in [6, 6.07) is 4.73. The Balaban J connectivity index is 2.23. The lowest BCUT2D eigenvalue weighted by Gasteiger charge is -2.08. The Hall–Kier alpha value is -2.41. The van der Waals surface area contributed by atoms with Crippen LogP contribution in [0.3, 0.4) is 0 Å². The molecule has 2 aromatic rings. The van der Waals surface area contributed by atoms with Crippen LogP contribution in [-0.4, -0.2) is 35.7 Å². The molecule has 0 bridgehead atoms. The second kappa shape index (κ2) is 9.17. The predicted molar refractivity (Wildman–Crippen MR) is 97.2 cm³/mol. The van der Waals surface area contributed by atoms with Crippen molar-refractivity contribution in [2.75, 3.05) is 20.3 Å². The summed E-state index contributed by atoms with van der Waals surface area (Å²) in [5.41, 5.74) is 0.0307. The smallest absolute Gasteiger partial charge is 0.328 e. The van der Waals surface area contributed by atoms with Gasteiger partial charge in [0.05, 0.1) is 10.9 Å². The van der Waals surface area contributed by atoms with Crippen LogP contribution in [0, 0.1) is 0 Å². The highest BCUT2D eigenvalue weighted by Gasteiger charge is 2.11. The highest BCUT2D eigenvalue weighted by molar-refractivity contribution is 5.97. The molecule has 7 heteroatoms. The van der Waals surface area contributed by atoms with Crippen molar-refractivity contribution in [2.45, 2.75) is 39.2 Å². The number of amides is 1. The highest BCUT2D eigenvalue weighted by atomic mass is 16.5. The standard InChI is InChI=1S/C18H25N3O4/c1-3-4-5-10-21-17(23)14-8-7-13(12-15(14)20-18(21)24)16(22)19-9-6-11-25-2/h7-8,12H,3-6,9-11H2,1-2H3,(H,19,22)(H,20,24). The summed E-state index contributed by atoms with van der Waals surface area (Å²) in [7, 11) is 1.61. The molecule has 1 aromatic heterocycles. The number of aromatic nitrogens is 2. The molecule has 0 saturated heterocycles. The lowest BCUT2D eigenvalue weighted by molar-refractivity contribution is 0.0948. The van der Waals surface area contributed by atoms with Crippen molar-refractivity contribution < 1.29 is 9.53 Å². The van der Waals surface area contributed by atoms with E-state index >= 15 is 0 Å². The van der Waals surface area contributed by atoms with Crippen LogP contribution in [0.15, 0.2) is 27.8 Å². The van der Waals surface area contributed by atoms with Gasteiger partial charge in [0, 0.05) is 32.4 Å². The van der Waals surface area contributed by atoms with E-state index in [1.807, 2.05) is 0 Å². The van der Waals surface area contributed by atoms with E-state index in [-0.39, 0.29) is 11.5 Å². The molecule has 7 nitrogen and oxygen atoms in total. The molecule has 0 spiro atoms. The first-order chi connectivity index (χ1) is 12.1. The molecule has 1 aromatic carbocycles. The molecular formula is C18H25N3O4. The average Bonchev–Trinajstić information content (AvgIpc) is 2.61. The first kappa shape index (κ1) is 18.9. The first-order valence-corrected chi connectivity index (χ1v) is 8.62. The average molecular weight is 347 g/mol. The predicted octanol–water partition coefficient (Wildman–Crippen LogP) is 1.65. The van der Waals surface area contributed by atoms with E-state index in [0.717, 1.165) is 25.7 Å². The Morgan fingerprint density at radius 1 is 1.24 bits per heavy atom.